The Morgan fingerprint density at radius 2 is 2.17 bits per heavy atom. The van der Waals surface area contributed by atoms with Crippen LogP contribution >= 0.6 is 15.9 Å². The highest BCUT2D eigenvalue weighted by Gasteiger charge is 2.09. The summed E-state index contributed by atoms with van der Waals surface area (Å²) in [6.45, 7) is 1.42. The van der Waals surface area contributed by atoms with Crippen molar-refractivity contribution in [2.45, 2.75) is 6.92 Å². The predicted octanol–water partition coefficient (Wildman–Crippen LogP) is 1.94. The molecule has 0 aliphatic rings. The monoisotopic (exact) mass is 229 g/mol. The molecule has 0 saturated heterocycles. The van der Waals surface area contributed by atoms with Crippen LogP contribution in [0.3, 0.4) is 0 Å². The quantitative estimate of drug-likeness (QED) is 0.572. The number of Topliss-reactive ketones (excluding diaryl/α,β-unsaturated/α-hetero) is 1. The second-order valence-corrected chi connectivity index (χ2v) is 3.25. The minimum atomic E-state index is -0.135. The SMILES string of the molecule is CC(=O)c1cc(O)cc(N)c1Br. The number of anilines is 1. The molecule has 0 aliphatic heterocycles. The predicted molar refractivity (Wildman–Crippen MR) is 50.2 cm³/mol. The van der Waals surface area contributed by atoms with Gasteiger partial charge in [0.15, 0.2) is 5.78 Å². The zero-order chi connectivity index (χ0) is 9.30. The fraction of sp³-hybridized carbons (Fsp3) is 0.125. The molecule has 0 unspecified atom stereocenters. The molecular weight excluding hydrogens is 222 g/mol. The van der Waals surface area contributed by atoms with E-state index in [9.17, 15) is 4.79 Å². The first-order valence-electron chi connectivity index (χ1n) is 3.31. The zero-order valence-corrected chi connectivity index (χ0v) is 8.05. The highest BCUT2D eigenvalue weighted by Crippen LogP contribution is 2.28. The zero-order valence-electron chi connectivity index (χ0n) is 6.47. The molecule has 64 valence electrons. The first-order chi connectivity index (χ1) is 5.52. The molecule has 0 heterocycles. The van der Waals surface area contributed by atoms with Crippen LogP contribution in [-0.4, -0.2) is 10.9 Å². The third kappa shape index (κ3) is 1.58. The molecule has 1 rings (SSSR count). The Labute approximate surface area is 78.3 Å². The average molecular weight is 230 g/mol. The number of nitrogens with two attached hydrogens (primary N) is 1. The van der Waals surface area contributed by atoms with Crippen LogP contribution in [0.25, 0.3) is 0 Å². The molecule has 3 nitrogen and oxygen atoms in total. The van der Waals surface area contributed by atoms with Gasteiger partial charge in [0, 0.05) is 11.6 Å². The lowest BCUT2D eigenvalue weighted by Gasteiger charge is -2.04. The topological polar surface area (TPSA) is 63.3 Å². The fourth-order valence-corrected chi connectivity index (χ4v) is 1.40. The largest absolute Gasteiger partial charge is 0.508 e. The van der Waals surface area contributed by atoms with Gasteiger partial charge in [-0.3, -0.25) is 4.79 Å². The van der Waals surface area contributed by atoms with Gasteiger partial charge in [0.05, 0.1) is 10.2 Å². The number of phenols is 1. The fourth-order valence-electron chi connectivity index (χ4n) is 0.887. The van der Waals surface area contributed by atoms with E-state index in [1.165, 1.54) is 19.1 Å². The lowest BCUT2D eigenvalue weighted by atomic mass is 10.1. The van der Waals surface area contributed by atoms with E-state index in [0.717, 1.165) is 0 Å². The summed E-state index contributed by atoms with van der Waals surface area (Å²) in [7, 11) is 0. The number of halogens is 1. The molecule has 1 aromatic carbocycles. The summed E-state index contributed by atoms with van der Waals surface area (Å²) < 4.78 is 0.535. The standard InChI is InChI=1S/C8H8BrNO2/c1-4(11)6-2-5(12)3-7(10)8(6)9/h2-3,12H,10H2,1H3. The van der Waals surface area contributed by atoms with Crippen molar-refractivity contribution in [3.63, 3.8) is 0 Å². The summed E-state index contributed by atoms with van der Waals surface area (Å²) in [4.78, 5) is 11.0. The Balaban J connectivity index is 3.37. The molecule has 0 radical (unpaired) electrons. The number of ketones is 1. The molecule has 0 aromatic heterocycles. The van der Waals surface area contributed by atoms with Crippen molar-refractivity contribution in [3.8, 4) is 5.75 Å². The Morgan fingerprint density at radius 3 is 2.67 bits per heavy atom. The van der Waals surface area contributed by atoms with Gasteiger partial charge in [-0.05, 0) is 28.9 Å². The summed E-state index contributed by atoms with van der Waals surface area (Å²) in [5.74, 6) is -0.134. The van der Waals surface area contributed by atoms with Crippen molar-refractivity contribution in [2.75, 3.05) is 5.73 Å². The highest BCUT2D eigenvalue weighted by atomic mass is 79.9. The Kier molecular flexibility index (Phi) is 2.38. The smallest absolute Gasteiger partial charge is 0.161 e. The van der Waals surface area contributed by atoms with Gasteiger partial charge >= 0.3 is 0 Å². The number of hydrogen-bond donors (Lipinski definition) is 2. The van der Waals surface area contributed by atoms with Gasteiger partial charge in [-0.1, -0.05) is 0 Å². The van der Waals surface area contributed by atoms with E-state index in [-0.39, 0.29) is 11.5 Å². The number of hydrogen-bond acceptors (Lipinski definition) is 3. The molecular formula is C8H8BrNO2. The molecule has 1 aromatic rings. The van der Waals surface area contributed by atoms with E-state index in [2.05, 4.69) is 15.9 Å². The van der Waals surface area contributed by atoms with Crippen molar-refractivity contribution < 1.29 is 9.90 Å². The van der Waals surface area contributed by atoms with Gasteiger partial charge in [0.2, 0.25) is 0 Å². The molecule has 0 aliphatic carbocycles. The summed E-state index contributed by atoms with van der Waals surface area (Å²) >= 11 is 3.16. The third-order valence-electron chi connectivity index (χ3n) is 1.46. The number of nitrogen functional groups attached to an aromatic ring is 1. The molecule has 0 amide bonds. The molecule has 4 heteroatoms. The van der Waals surface area contributed by atoms with Crippen LogP contribution in [0.5, 0.6) is 5.75 Å². The number of aromatic hydroxyl groups is 1. The Morgan fingerprint density at radius 1 is 1.58 bits per heavy atom. The molecule has 0 bridgehead atoms. The summed E-state index contributed by atoms with van der Waals surface area (Å²) in [5, 5.41) is 9.11. The molecule has 0 saturated carbocycles. The second-order valence-electron chi connectivity index (χ2n) is 2.45. The van der Waals surface area contributed by atoms with Gasteiger partial charge < -0.3 is 10.8 Å². The van der Waals surface area contributed by atoms with Crippen LogP contribution < -0.4 is 5.73 Å². The molecule has 3 N–H and O–H groups in total. The number of carbonyl (C=O) groups excluding carboxylic acids is 1. The number of benzene rings is 1. The van der Waals surface area contributed by atoms with Crippen LogP contribution in [0.1, 0.15) is 17.3 Å². The maximum atomic E-state index is 11.0. The van der Waals surface area contributed by atoms with Gasteiger partial charge in [0.1, 0.15) is 5.75 Å². The van der Waals surface area contributed by atoms with Crippen molar-refractivity contribution >= 4 is 27.4 Å². The molecule has 0 atom stereocenters. The van der Waals surface area contributed by atoms with Gasteiger partial charge in [0.25, 0.3) is 0 Å². The normalized spacial score (nSPS) is 9.83. The van der Waals surface area contributed by atoms with E-state index in [1.807, 2.05) is 0 Å². The van der Waals surface area contributed by atoms with Crippen LogP contribution in [0.4, 0.5) is 5.69 Å². The van der Waals surface area contributed by atoms with Gasteiger partial charge in [-0.2, -0.15) is 0 Å². The number of carbonyl (C=O) groups is 1. The van der Waals surface area contributed by atoms with Crippen LogP contribution in [0, 0.1) is 0 Å². The van der Waals surface area contributed by atoms with Crippen molar-refractivity contribution in [3.05, 3.63) is 22.2 Å². The molecule has 0 spiro atoms. The van der Waals surface area contributed by atoms with E-state index in [0.29, 0.717) is 15.7 Å². The minimum Gasteiger partial charge on any atom is -0.508 e. The van der Waals surface area contributed by atoms with Crippen molar-refractivity contribution in [1.82, 2.24) is 0 Å². The number of rotatable bonds is 1. The van der Waals surface area contributed by atoms with Crippen LogP contribution in [0.15, 0.2) is 16.6 Å². The molecule has 0 fully saturated rings. The first-order valence-corrected chi connectivity index (χ1v) is 4.10. The maximum Gasteiger partial charge on any atom is 0.161 e. The number of phenolic OH excluding ortho intramolecular Hbond substituents is 1. The maximum absolute atomic E-state index is 11.0. The summed E-state index contributed by atoms with van der Waals surface area (Å²) in [6, 6.07) is 2.76. The van der Waals surface area contributed by atoms with Crippen LogP contribution in [0.2, 0.25) is 0 Å². The summed E-state index contributed by atoms with van der Waals surface area (Å²) in [6.07, 6.45) is 0. The minimum absolute atomic E-state index is 0.000833. The lowest BCUT2D eigenvalue weighted by molar-refractivity contribution is 0.101. The van der Waals surface area contributed by atoms with Crippen molar-refractivity contribution in [2.24, 2.45) is 0 Å². The Hall–Kier alpha value is -1.03. The second kappa shape index (κ2) is 3.15. The first kappa shape index (κ1) is 9.06. The molecule has 12 heavy (non-hydrogen) atoms. The van der Waals surface area contributed by atoms with E-state index < -0.39 is 0 Å². The van der Waals surface area contributed by atoms with Gasteiger partial charge in [-0.15, -0.1) is 0 Å². The van der Waals surface area contributed by atoms with Gasteiger partial charge in [-0.25, -0.2) is 0 Å². The van der Waals surface area contributed by atoms with E-state index in [4.69, 9.17) is 10.8 Å². The summed E-state index contributed by atoms with van der Waals surface area (Å²) in [5.41, 5.74) is 6.26. The van der Waals surface area contributed by atoms with E-state index >= 15 is 0 Å². The lowest BCUT2D eigenvalue weighted by Crippen LogP contribution is -1.97. The van der Waals surface area contributed by atoms with Crippen molar-refractivity contribution in [1.29, 1.82) is 0 Å². The highest BCUT2D eigenvalue weighted by molar-refractivity contribution is 9.10. The van der Waals surface area contributed by atoms with Crippen LogP contribution in [-0.2, 0) is 0 Å². The van der Waals surface area contributed by atoms with E-state index in [1.54, 1.807) is 0 Å². The third-order valence-corrected chi connectivity index (χ3v) is 2.35. The Bertz CT molecular complexity index is 336. The average Bonchev–Trinajstić information content (AvgIpc) is 1.96.